The average molecular weight is 391 g/mol. The van der Waals surface area contributed by atoms with Crippen LogP contribution < -0.4 is 5.32 Å². The van der Waals surface area contributed by atoms with Gasteiger partial charge in [0.15, 0.2) is 0 Å². The van der Waals surface area contributed by atoms with Crippen LogP contribution in [0.4, 0.5) is 19.3 Å². The van der Waals surface area contributed by atoms with Crippen molar-refractivity contribution < 1.29 is 13.6 Å². The number of nitrogens with zero attached hydrogens (tertiary/aromatic N) is 3. The van der Waals surface area contributed by atoms with E-state index in [4.69, 9.17) is 11.6 Å². The zero-order chi connectivity index (χ0) is 19.6. The van der Waals surface area contributed by atoms with E-state index in [-0.39, 0.29) is 5.69 Å². The molecule has 2 amide bonds. The standard InChI is InChI=1S/C19H17ClF2N4O/c1-25-10-9-23-18(25)17(12-3-5-13(20)6-4-12)26(2)19(27)24-16-8-7-14(21)11-15(16)22/h3-11,17H,1-2H3,(H,24,27). The highest BCUT2D eigenvalue weighted by molar-refractivity contribution is 6.30. The molecule has 0 bridgehead atoms. The zero-order valence-electron chi connectivity index (χ0n) is 14.7. The molecule has 3 aromatic rings. The summed E-state index contributed by atoms with van der Waals surface area (Å²) in [5.41, 5.74) is 0.675. The fourth-order valence-electron chi connectivity index (χ4n) is 2.74. The number of aryl methyl sites for hydroxylation is 1. The number of imidazole rings is 1. The van der Waals surface area contributed by atoms with Crippen LogP contribution in [0.5, 0.6) is 0 Å². The summed E-state index contributed by atoms with van der Waals surface area (Å²) >= 11 is 5.97. The van der Waals surface area contributed by atoms with Gasteiger partial charge in [-0.3, -0.25) is 0 Å². The van der Waals surface area contributed by atoms with E-state index >= 15 is 0 Å². The topological polar surface area (TPSA) is 50.2 Å². The molecule has 0 fully saturated rings. The third kappa shape index (κ3) is 4.09. The van der Waals surface area contributed by atoms with Crippen LogP contribution >= 0.6 is 11.6 Å². The van der Waals surface area contributed by atoms with E-state index in [9.17, 15) is 13.6 Å². The monoisotopic (exact) mass is 390 g/mol. The molecule has 0 aliphatic heterocycles. The summed E-state index contributed by atoms with van der Waals surface area (Å²) in [6.07, 6.45) is 3.40. The molecule has 1 aromatic heterocycles. The molecular weight excluding hydrogens is 374 g/mol. The molecule has 1 atom stereocenters. The smallest absolute Gasteiger partial charge is 0.322 e. The van der Waals surface area contributed by atoms with Gasteiger partial charge in [0.1, 0.15) is 23.5 Å². The Morgan fingerprint density at radius 3 is 2.52 bits per heavy atom. The van der Waals surface area contributed by atoms with Gasteiger partial charge >= 0.3 is 6.03 Å². The summed E-state index contributed by atoms with van der Waals surface area (Å²) in [6, 6.07) is 8.90. The number of halogens is 3. The maximum absolute atomic E-state index is 13.9. The van der Waals surface area contributed by atoms with Crippen LogP contribution in [-0.4, -0.2) is 27.5 Å². The Morgan fingerprint density at radius 2 is 1.93 bits per heavy atom. The number of urea groups is 1. The predicted molar refractivity (Wildman–Crippen MR) is 99.6 cm³/mol. The summed E-state index contributed by atoms with van der Waals surface area (Å²) < 4.78 is 28.7. The molecule has 0 radical (unpaired) electrons. The van der Waals surface area contributed by atoms with E-state index in [0.29, 0.717) is 16.9 Å². The van der Waals surface area contributed by atoms with E-state index in [1.807, 2.05) is 7.05 Å². The number of carbonyl (C=O) groups is 1. The Hall–Kier alpha value is -2.93. The number of rotatable bonds is 4. The van der Waals surface area contributed by atoms with Crippen molar-refractivity contribution in [2.24, 2.45) is 7.05 Å². The first kappa shape index (κ1) is 18.8. The lowest BCUT2D eigenvalue weighted by atomic mass is 10.1. The molecular formula is C19H17ClF2N4O. The Labute approximate surface area is 160 Å². The van der Waals surface area contributed by atoms with Crippen molar-refractivity contribution in [1.82, 2.24) is 14.5 Å². The van der Waals surface area contributed by atoms with Crippen molar-refractivity contribution in [2.75, 3.05) is 12.4 Å². The maximum atomic E-state index is 13.9. The minimum atomic E-state index is -0.850. The molecule has 0 saturated heterocycles. The van der Waals surface area contributed by atoms with E-state index in [1.54, 1.807) is 48.3 Å². The molecule has 140 valence electrons. The number of benzene rings is 2. The fourth-order valence-corrected chi connectivity index (χ4v) is 2.87. The first-order valence-corrected chi connectivity index (χ1v) is 8.46. The van der Waals surface area contributed by atoms with Gasteiger partial charge < -0.3 is 14.8 Å². The Bertz CT molecular complexity index is 959. The van der Waals surface area contributed by atoms with Crippen molar-refractivity contribution in [2.45, 2.75) is 6.04 Å². The van der Waals surface area contributed by atoms with Crippen molar-refractivity contribution in [3.05, 3.63) is 82.9 Å². The minimum Gasteiger partial charge on any atom is -0.336 e. The van der Waals surface area contributed by atoms with Crippen LogP contribution in [0.1, 0.15) is 17.4 Å². The lowest BCUT2D eigenvalue weighted by Gasteiger charge is -2.28. The number of carbonyl (C=O) groups excluding carboxylic acids is 1. The minimum absolute atomic E-state index is 0.108. The lowest BCUT2D eigenvalue weighted by molar-refractivity contribution is 0.209. The number of hydrogen-bond donors (Lipinski definition) is 1. The zero-order valence-corrected chi connectivity index (χ0v) is 15.4. The molecule has 5 nitrogen and oxygen atoms in total. The number of nitrogens with one attached hydrogen (secondary N) is 1. The molecule has 8 heteroatoms. The average Bonchev–Trinajstić information content (AvgIpc) is 3.05. The summed E-state index contributed by atoms with van der Waals surface area (Å²) in [7, 11) is 3.39. The molecule has 3 rings (SSSR count). The van der Waals surface area contributed by atoms with Gasteiger partial charge in [0.25, 0.3) is 0 Å². The van der Waals surface area contributed by atoms with Crippen LogP contribution in [0.3, 0.4) is 0 Å². The van der Waals surface area contributed by atoms with Crippen LogP contribution in [0.15, 0.2) is 54.9 Å². The van der Waals surface area contributed by atoms with Crippen LogP contribution in [0, 0.1) is 11.6 Å². The quantitative estimate of drug-likeness (QED) is 0.707. The van der Waals surface area contributed by atoms with E-state index in [2.05, 4.69) is 10.3 Å². The summed E-state index contributed by atoms with van der Waals surface area (Å²) in [5.74, 6) is -0.947. The van der Waals surface area contributed by atoms with Crippen LogP contribution in [0.25, 0.3) is 0 Å². The summed E-state index contributed by atoms with van der Waals surface area (Å²) in [4.78, 5) is 18.5. The maximum Gasteiger partial charge on any atom is 0.322 e. The number of anilines is 1. The van der Waals surface area contributed by atoms with Crippen molar-refractivity contribution in [3.63, 3.8) is 0 Å². The SMILES string of the molecule is CN(C(=O)Nc1ccc(F)cc1F)C(c1ccc(Cl)cc1)c1nccn1C. The van der Waals surface area contributed by atoms with Gasteiger partial charge in [0.05, 0.1) is 5.69 Å². The van der Waals surface area contributed by atoms with Crippen molar-refractivity contribution in [1.29, 1.82) is 0 Å². The van der Waals surface area contributed by atoms with Gasteiger partial charge in [0, 0.05) is 37.6 Å². The Balaban J connectivity index is 1.92. The van der Waals surface area contributed by atoms with E-state index in [1.165, 1.54) is 11.0 Å². The molecule has 1 N–H and O–H groups in total. The highest BCUT2D eigenvalue weighted by Crippen LogP contribution is 2.28. The van der Waals surface area contributed by atoms with Crippen LogP contribution in [0.2, 0.25) is 5.02 Å². The summed E-state index contributed by atoms with van der Waals surface area (Å²) in [5, 5.41) is 3.03. The number of hydrogen-bond acceptors (Lipinski definition) is 2. The molecule has 0 aliphatic rings. The van der Waals surface area contributed by atoms with Gasteiger partial charge in [-0.05, 0) is 29.8 Å². The van der Waals surface area contributed by atoms with Gasteiger partial charge in [-0.15, -0.1) is 0 Å². The number of amides is 2. The van der Waals surface area contributed by atoms with E-state index < -0.39 is 23.7 Å². The molecule has 0 spiro atoms. The molecule has 1 heterocycles. The largest absolute Gasteiger partial charge is 0.336 e. The highest BCUT2D eigenvalue weighted by Gasteiger charge is 2.27. The Morgan fingerprint density at radius 1 is 1.22 bits per heavy atom. The molecule has 0 saturated carbocycles. The second-order valence-corrected chi connectivity index (χ2v) is 6.45. The number of aromatic nitrogens is 2. The highest BCUT2D eigenvalue weighted by atomic mass is 35.5. The third-order valence-electron chi connectivity index (χ3n) is 4.17. The molecule has 1 unspecified atom stereocenters. The first-order chi connectivity index (χ1) is 12.9. The Kier molecular flexibility index (Phi) is 5.41. The second-order valence-electron chi connectivity index (χ2n) is 6.02. The fraction of sp³-hybridized carbons (Fsp3) is 0.158. The van der Waals surface area contributed by atoms with Gasteiger partial charge in [-0.2, -0.15) is 0 Å². The molecule has 0 aliphatic carbocycles. The predicted octanol–water partition coefficient (Wildman–Crippen LogP) is 4.61. The lowest BCUT2D eigenvalue weighted by Crippen LogP contribution is -2.36. The normalized spacial score (nSPS) is 11.9. The van der Waals surface area contributed by atoms with Crippen molar-refractivity contribution in [3.8, 4) is 0 Å². The summed E-state index contributed by atoms with van der Waals surface area (Å²) in [6.45, 7) is 0. The van der Waals surface area contributed by atoms with Gasteiger partial charge in [0.2, 0.25) is 0 Å². The molecule has 2 aromatic carbocycles. The van der Waals surface area contributed by atoms with Crippen LogP contribution in [-0.2, 0) is 7.05 Å². The first-order valence-electron chi connectivity index (χ1n) is 8.08. The molecule has 27 heavy (non-hydrogen) atoms. The van der Waals surface area contributed by atoms with E-state index in [0.717, 1.165) is 11.6 Å². The third-order valence-corrected chi connectivity index (χ3v) is 4.42. The van der Waals surface area contributed by atoms with Gasteiger partial charge in [-0.1, -0.05) is 23.7 Å². The van der Waals surface area contributed by atoms with Gasteiger partial charge in [-0.25, -0.2) is 18.6 Å². The second kappa shape index (κ2) is 7.75. The van der Waals surface area contributed by atoms with Crippen molar-refractivity contribution >= 4 is 23.3 Å².